The van der Waals surface area contributed by atoms with E-state index in [4.69, 9.17) is 10.5 Å². The Labute approximate surface area is 117 Å². The predicted molar refractivity (Wildman–Crippen MR) is 73.5 cm³/mol. The van der Waals surface area contributed by atoms with E-state index < -0.39 is 0 Å². The molecule has 2 aliphatic heterocycles. The molecule has 1 aromatic rings. The molecule has 0 saturated carbocycles. The van der Waals surface area contributed by atoms with Crippen molar-refractivity contribution in [2.24, 2.45) is 11.7 Å². The van der Waals surface area contributed by atoms with Crippen molar-refractivity contribution in [3.8, 4) is 5.75 Å². The second-order valence-electron chi connectivity index (χ2n) is 5.39. The Kier molecular flexibility index (Phi) is 3.34. The molecule has 0 atom stereocenters. The number of rotatable bonds is 2. The van der Waals surface area contributed by atoms with Crippen LogP contribution in [0.2, 0.25) is 0 Å². The molecule has 5 nitrogen and oxygen atoms in total. The topological polar surface area (TPSA) is 72.6 Å². The highest BCUT2D eigenvalue weighted by Gasteiger charge is 2.27. The van der Waals surface area contributed by atoms with Crippen molar-refractivity contribution in [2.45, 2.75) is 19.3 Å². The van der Waals surface area contributed by atoms with Gasteiger partial charge in [0, 0.05) is 31.0 Å². The molecule has 2 heterocycles. The van der Waals surface area contributed by atoms with Crippen molar-refractivity contribution in [3.05, 3.63) is 29.3 Å². The molecule has 2 aliphatic rings. The van der Waals surface area contributed by atoms with Gasteiger partial charge in [0.25, 0.3) is 5.91 Å². The van der Waals surface area contributed by atoms with Gasteiger partial charge in [-0.15, -0.1) is 0 Å². The number of piperidine rings is 1. The number of carbonyl (C=O) groups excluding carboxylic acids is 2. The average molecular weight is 274 g/mol. The summed E-state index contributed by atoms with van der Waals surface area (Å²) in [6, 6.07) is 5.60. The number of hydrogen-bond acceptors (Lipinski definition) is 3. The molecular weight excluding hydrogens is 256 g/mol. The molecule has 0 spiro atoms. The summed E-state index contributed by atoms with van der Waals surface area (Å²) in [5.74, 6) is 0.566. The monoisotopic (exact) mass is 274 g/mol. The van der Waals surface area contributed by atoms with E-state index in [1.165, 1.54) is 0 Å². The minimum atomic E-state index is -0.258. The van der Waals surface area contributed by atoms with Crippen molar-refractivity contribution >= 4 is 11.8 Å². The molecule has 106 valence electrons. The fourth-order valence-corrected chi connectivity index (χ4v) is 2.87. The van der Waals surface area contributed by atoms with E-state index in [0.717, 1.165) is 17.7 Å². The van der Waals surface area contributed by atoms with Crippen LogP contribution in [0.4, 0.5) is 0 Å². The third-order valence-electron chi connectivity index (χ3n) is 4.12. The zero-order valence-electron chi connectivity index (χ0n) is 11.3. The number of amides is 2. The predicted octanol–water partition coefficient (Wildman–Crippen LogP) is 0.959. The largest absolute Gasteiger partial charge is 0.493 e. The lowest BCUT2D eigenvalue weighted by molar-refractivity contribution is -0.123. The van der Waals surface area contributed by atoms with Gasteiger partial charge in [0.1, 0.15) is 5.75 Å². The van der Waals surface area contributed by atoms with Gasteiger partial charge in [-0.2, -0.15) is 0 Å². The summed E-state index contributed by atoms with van der Waals surface area (Å²) >= 11 is 0. The smallest absolute Gasteiger partial charge is 0.253 e. The van der Waals surface area contributed by atoms with Gasteiger partial charge >= 0.3 is 0 Å². The van der Waals surface area contributed by atoms with E-state index in [9.17, 15) is 9.59 Å². The quantitative estimate of drug-likeness (QED) is 0.873. The number of hydrogen-bond donors (Lipinski definition) is 1. The lowest BCUT2D eigenvalue weighted by Gasteiger charge is -2.30. The summed E-state index contributed by atoms with van der Waals surface area (Å²) in [5.41, 5.74) is 7.11. The van der Waals surface area contributed by atoms with Crippen LogP contribution >= 0.6 is 0 Å². The van der Waals surface area contributed by atoms with Gasteiger partial charge in [0.2, 0.25) is 5.91 Å². The Balaban J connectivity index is 1.69. The lowest BCUT2D eigenvalue weighted by atomic mass is 9.95. The zero-order chi connectivity index (χ0) is 14.1. The summed E-state index contributed by atoms with van der Waals surface area (Å²) in [7, 11) is 0. The first kappa shape index (κ1) is 13.0. The average Bonchev–Trinajstić information content (AvgIpc) is 2.94. The third-order valence-corrected chi connectivity index (χ3v) is 4.12. The Hall–Kier alpha value is -2.04. The van der Waals surface area contributed by atoms with Gasteiger partial charge in [0.15, 0.2) is 0 Å². The normalized spacial score (nSPS) is 18.5. The van der Waals surface area contributed by atoms with Crippen LogP contribution in [0.25, 0.3) is 0 Å². The SMILES string of the molecule is NC(=O)C1CCN(C(=O)c2ccc3c(c2)CCO3)CC1. The minimum Gasteiger partial charge on any atom is -0.493 e. The molecule has 5 heteroatoms. The fraction of sp³-hybridized carbons (Fsp3) is 0.467. The van der Waals surface area contributed by atoms with Crippen LogP contribution in [-0.4, -0.2) is 36.4 Å². The Bertz CT molecular complexity index is 548. The first-order valence-electron chi connectivity index (χ1n) is 6.99. The van der Waals surface area contributed by atoms with Gasteiger partial charge < -0.3 is 15.4 Å². The van der Waals surface area contributed by atoms with Crippen molar-refractivity contribution in [3.63, 3.8) is 0 Å². The van der Waals surface area contributed by atoms with Gasteiger partial charge in [-0.3, -0.25) is 9.59 Å². The molecule has 20 heavy (non-hydrogen) atoms. The molecule has 0 bridgehead atoms. The molecule has 3 rings (SSSR count). The van der Waals surface area contributed by atoms with Crippen LogP contribution in [0.15, 0.2) is 18.2 Å². The van der Waals surface area contributed by atoms with Gasteiger partial charge in [0.05, 0.1) is 6.61 Å². The Morgan fingerprint density at radius 1 is 1.25 bits per heavy atom. The molecule has 0 aromatic heterocycles. The number of likely N-dealkylation sites (tertiary alicyclic amines) is 1. The summed E-state index contributed by atoms with van der Waals surface area (Å²) in [6.07, 6.45) is 2.18. The molecule has 0 radical (unpaired) electrons. The number of nitrogens with two attached hydrogens (primary N) is 1. The molecule has 2 amide bonds. The standard InChI is InChI=1S/C15H18N2O3/c16-14(18)10-3-6-17(7-4-10)15(19)12-1-2-13-11(9-12)5-8-20-13/h1-2,9-10H,3-8H2,(H2,16,18). The molecular formula is C15H18N2O3. The highest BCUT2D eigenvalue weighted by Crippen LogP contribution is 2.27. The van der Waals surface area contributed by atoms with Gasteiger partial charge in [-0.1, -0.05) is 0 Å². The fourth-order valence-electron chi connectivity index (χ4n) is 2.87. The molecule has 0 aliphatic carbocycles. The van der Waals surface area contributed by atoms with Crippen molar-refractivity contribution in [2.75, 3.05) is 19.7 Å². The second kappa shape index (κ2) is 5.15. The highest BCUT2D eigenvalue weighted by molar-refractivity contribution is 5.95. The Morgan fingerprint density at radius 3 is 2.70 bits per heavy atom. The molecule has 1 aromatic carbocycles. The zero-order valence-corrected chi connectivity index (χ0v) is 11.3. The van der Waals surface area contributed by atoms with E-state index in [1.807, 2.05) is 18.2 Å². The van der Waals surface area contributed by atoms with Gasteiger partial charge in [-0.05, 0) is 36.6 Å². The van der Waals surface area contributed by atoms with Crippen molar-refractivity contribution in [1.29, 1.82) is 0 Å². The van der Waals surface area contributed by atoms with E-state index in [-0.39, 0.29) is 17.7 Å². The van der Waals surface area contributed by atoms with Crippen molar-refractivity contribution < 1.29 is 14.3 Å². The molecule has 1 saturated heterocycles. The summed E-state index contributed by atoms with van der Waals surface area (Å²) in [4.78, 5) is 25.4. The summed E-state index contributed by atoms with van der Waals surface area (Å²) in [5, 5.41) is 0. The second-order valence-corrected chi connectivity index (χ2v) is 5.39. The first-order valence-corrected chi connectivity index (χ1v) is 6.99. The first-order chi connectivity index (χ1) is 9.65. The maximum Gasteiger partial charge on any atom is 0.253 e. The van der Waals surface area contributed by atoms with Crippen LogP contribution in [0.1, 0.15) is 28.8 Å². The van der Waals surface area contributed by atoms with Crippen molar-refractivity contribution in [1.82, 2.24) is 4.90 Å². The number of fused-ring (bicyclic) bond motifs is 1. The number of carbonyl (C=O) groups is 2. The number of primary amides is 1. The van der Waals surface area contributed by atoms with E-state index in [1.54, 1.807) is 4.90 Å². The van der Waals surface area contributed by atoms with E-state index in [2.05, 4.69) is 0 Å². The van der Waals surface area contributed by atoms with Crippen LogP contribution in [0.5, 0.6) is 5.75 Å². The maximum absolute atomic E-state index is 12.4. The van der Waals surface area contributed by atoms with Crippen LogP contribution in [0, 0.1) is 5.92 Å². The third kappa shape index (κ3) is 2.35. The Morgan fingerprint density at radius 2 is 2.00 bits per heavy atom. The number of benzene rings is 1. The summed E-state index contributed by atoms with van der Waals surface area (Å²) in [6.45, 7) is 1.89. The van der Waals surface area contributed by atoms with Gasteiger partial charge in [-0.25, -0.2) is 0 Å². The highest BCUT2D eigenvalue weighted by atomic mass is 16.5. The molecule has 1 fully saturated rings. The maximum atomic E-state index is 12.4. The minimum absolute atomic E-state index is 0.0302. The van der Waals surface area contributed by atoms with Crippen LogP contribution in [0.3, 0.4) is 0 Å². The number of nitrogens with zero attached hydrogens (tertiary/aromatic N) is 1. The van der Waals surface area contributed by atoms with Crippen LogP contribution < -0.4 is 10.5 Å². The summed E-state index contributed by atoms with van der Waals surface area (Å²) < 4.78 is 5.44. The van der Waals surface area contributed by atoms with E-state index in [0.29, 0.717) is 38.1 Å². The van der Waals surface area contributed by atoms with Crippen LogP contribution in [-0.2, 0) is 11.2 Å². The molecule has 0 unspecified atom stereocenters. The number of ether oxygens (including phenoxy) is 1. The van der Waals surface area contributed by atoms with E-state index >= 15 is 0 Å². The lowest BCUT2D eigenvalue weighted by Crippen LogP contribution is -2.41. The molecule has 2 N–H and O–H groups in total.